The van der Waals surface area contributed by atoms with Gasteiger partial charge in [0.2, 0.25) is 0 Å². The maximum atomic E-state index is 12.2. The van der Waals surface area contributed by atoms with Gasteiger partial charge in [0.15, 0.2) is 0 Å². The van der Waals surface area contributed by atoms with Gasteiger partial charge < -0.3 is 15.1 Å². The lowest BCUT2D eigenvalue weighted by Crippen LogP contribution is -2.28. The summed E-state index contributed by atoms with van der Waals surface area (Å²) in [5.41, 5.74) is 0.471. The van der Waals surface area contributed by atoms with E-state index in [0.29, 0.717) is 25.1 Å². The summed E-state index contributed by atoms with van der Waals surface area (Å²) in [6, 6.07) is 6.29. The second kappa shape index (κ2) is 5.73. The van der Waals surface area contributed by atoms with Crippen LogP contribution < -0.4 is 0 Å². The Bertz CT molecular complexity index is 486. The fourth-order valence-electron chi connectivity index (χ4n) is 2.40. The Kier molecular flexibility index (Phi) is 4.04. The molecule has 1 amide bonds. The molecule has 2 rings (SSSR count). The minimum Gasteiger partial charge on any atom is -0.508 e. The molecule has 0 radical (unpaired) electrons. The van der Waals surface area contributed by atoms with Crippen molar-refractivity contribution >= 4 is 11.9 Å². The number of carboxylic acid groups (broad SMARTS) is 1. The molecule has 0 aliphatic carbocycles. The van der Waals surface area contributed by atoms with E-state index in [-0.39, 0.29) is 24.0 Å². The summed E-state index contributed by atoms with van der Waals surface area (Å²) in [6.45, 7) is 1.25. The number of benzene rings is 1. The molecule has 0 saturated carbocycles. The van der Waals surface area contributed by atoms with E-state index in [9.17, 15) is 14.7 Å². The van der Waals surface area contributed by atoms with Gasteiger partial charge in [-0.1, -0.05) is 6.07 Å². The number of aliphatic carboxylic acids is 1. The number of aromatic hydroxyl groups is 1. The normalized spacial score (nSPS) is 18.5. The maximum Gasteiger partial charge on any atom is 0.303 e. The van der Waals surface area contributed by atoms with Gasteiger partial charge in [0, 0.05) is 25.1 Å². The quantitative estimate of drug-likeness (QED) is 0.867. The molecule has 1 aromatic rings. The molecule has 1 atom stereocenters. The second-order valence-corrected chi connectivity index (χ2v) is 4.89. The zero-order chi connectivity index (χ0) is 13.8. The fraction of sp³-hybridized carbons (Fsp3) is 0.429. The van der Waals surface area contributed by atoms with E-state index in [1.165, 1.54) is 12.1 Å². The Balaban J connectivity index is 1.93. The van der Waals surface area contributed by atoms with Gasteiger partial charge in [-0.15, -0.1) is 0 Å². The molecule has 1 aliphatic heterocycles. The summed E-state index contributed by atoms with van der Waals surface area (Å²) in [6.07, 6.45) is 1.61. The van der Waals surface area contributed by atoms with E-state index in [1.807, 2.05) is 0 Å². The van der Waals surface area contributed by atoms with Crippen LogP contribution in [0.5, 0.6) is 5.75 Å². The van der Waals surface area contributed by atoms with Crippen molar-refractivity contribution in [1.82, 2.24) is 4.90 Å². The van der Waals surface area contributed by atoms with E-state index >= 15 is 0 Å². The van der Waals surface area contributed by atoms with Gasteiger partial charge in [0.05, 0.1) is 0 Å². The lowest BCUT2D eigenvalue weighted by atomic mass is 10.0. The number of phenols is 1. The number of nitrogens with zero attached hydrogens (tertiary/aromatic N) is 1. The molecule has 102 valence electrons. The van der Waals surface area contributed by atoms with Crippen molar-refractivity contribution < 1.29 is 19.8 Å². The SMILES string of the molecule is O=C(O)CCC1CCN(C(=O)c2cccc(O)c2)C1. The molecular formula is C14H17NO4. The van der Waals surface area contributed by atoms with Crippen molar-refractivity contribution in [3.8, 4) is 5.75 Å². The first-order valence-corrected chi connectivity index (χ1v) is 6.36. The third-order valence-electron chi connectivity index (χ3n) is 3.43. The molecule has 19 heavy (non-hydrogen) atoms. The Hall–Kier alpha value is -2.04. The third kappa shape index (κ3) is 3.47. The molecule has 1 saturated heterocycles. The minimum atomic E-state index is -0.794. The summed E-state index contributed by atoms with van der Waals surface area (Å²) in [7, 11) is 0. The van der Waals surface area contributed by atoms with Gasteiger partial charge in [0.1, 0.15) is 5.75 Å². The van der Waals surface area contributed by atoms with Crippen LogP contribution in [0.1, 0.15) is 29.6 Å². The van der Waals surface area contributed by atoms with Crippen LogP contribution in [0.25, 0.3) is 0 Å². The summed E-state index contributed by atoms with van der Waals surface area (Å²) < 4.78 is 0. The lowest BCUT2D eigenvalue weighted by molar-refractivity contribution is -0.137. The predicted octanol–water partition coefficient (Wildman–Crippen LogP) is 1.72. The Morgan fingerprint density at radius 2 is 2.16 bits per heavy atom. The highest BCUT2D eigenvalue weighted by molar-refractivity contribution is 5.94. The smallest absolute Gasteiger partial charge is 0.303 e. The zero-order valence-electron chi connectivity index (χ0n) is 10.6. The van der Waals surface area contributed by atoms with Crippen LogP contribution in [0.3, 0.4) is 0 Å². The number of likely N-dealkylation sites (tertiary alicyclic amines) is 1. The molecule has 1 aliphatic rings. The fourth-order valence-corrected chi connectivity index (χ4v) is 2.40. The van der Waals surface area contributed by atoms with E-state index in [4.69, 9.17) is 5.11 Å². The van der Waals surface area contributed by atoms with Gasteiger partial charge in [-0.3, -0.25) is 9.59 Å². The molecule has 1 unspecified atom stereocenters. The summed E-state index contributed by atoms with van der Waals surface area (Å²) in [5, 5.41) is 18.0. The first kappa shape index (κ1) is 13.4. The zero-order valence-corrected chi connectivity index (χ0v) is 10.6. The van der Waals surface area contributed by atoms with Gasteiger partial charge in [-0.05, 0) is 37.0 Å². The van der Waals surface area contributed by atoms with Crippen LogP contribution in [-0.2, 0) is 4.79 Å². The lowest BCUT2D eigenvalue weighted by Gasteiger charge is -2.16. The van der Waals surface area contributed by atoms with Gasteiger partial charge >= 0.3 is 5.97 Å². The topological polar surface area (TPSA) is 77.8 Å². The minimum absolute atomic E-state index is 0.0764. The first-order chi connectivity index (χ1) is 9.06. The number of rotatable bonds is 4. The molecule has 0 spiro atoms. The number of carbonyl (C=O) groups excluding carboxylic acids is 1. The first-order valence-electron chi connectivity index (χ1n) is 6.36. The van der Waals surface area contributed by atoms with Crippen LogP contribution in [0.15, 0.2) is 24.3 Å². The highest BCUT2D eigenvalue weighted by Gasteiger charge is 2.27. The van der Waals surface area contributed by atoms with Crippen LogP contribution in [0.4, 0.5) is 0 Å². The van der Waals surface area contributed by atoms with Crippen molar-refractivity contribution in [3.63, 3.8) is 0 Å². The van der Waals surface area contributed by atoms with Gasteiger partial charge in [-0.2, -0.15) is 0 Å². The predicted molar refractivity (Wildman–Crippen MR) is 69.0 cm³/mol. The number of hydrogen-bond donors (Lipinski definition) is 2. The number of phenolic OH excluding ortho intramolecular Hbond substituents is 1. The maximum absolute atomic E-state index is 12.2. The average molecular weight is 263 g/mol. The van der Waals surface area contributed by atoms with Crippen LogP contribution >= 0.6 is 0 Å². The summed E-state index contributed by atoms with van der Waals surface area (Å²) >= 11 is 0. The Labute approximate surface area is 111 Å². The molecule has 1 heterocycles. The van der Waals surface area contributed by atoms with E-state index < -0.39 is 5.97 Å². The highest BCUT2D eigenvalue weighted by atomic mass is 16.4. The molecule has 1 aromatic carbocycles. The summed E-state index contributed by atoms with van der Waals surface area (Å²) in [4.78, 5) is 24.4. The van der Waals surface area contributed by atoms with Crippen LogP contribution in [-0.4, -0.2) is 40.1 Å². The second-order valence-electron chi connectivity index (χ2n) is 4.89. The third-order valence-corrected chi connectivity index (χ3v) is 3.43. The molecular weight excluding hydrogens is 246 g/mol. The number of carbonyl (C=O) groups is 2. The van der Waals surface area contributed by atoms with E-state index in [2.05, 4.69) is 0 Å². The molecule has 1 fully saturated rings. The van der Waals surface area contributed by atoms with Crippen molar-refractivity contribution in [2.75, 3.05) is 13.1 Å². The Morgan fingerprint density at radius 3 is 2.84 bits per heavy atom. The van der Waals surface area contributed by atoms with Crippen molar-refractivity contribution in [3.05, 3.63) is 29.8 Å². The van der Waals surface area contributed by atoms with Crippen molar-refractivity contribution in [2.45, 2.75) is 19.3 Å². The number of hydrogen-bond acceptors (Lipinski definition) is 3. The average Bonchev–Trinajstić information content (AvgIpc) is 2.84. The van der Waals surface area contributed by atoms with Crippen LogP contribution in [0.2, 0.25) is 0 Å². The highest BCUT2D eigenvalue weighted by Crippen LogP contribution is 2.23. The van der Waals surface area contributed by atoms with E-state index in [1.54, 1.807) is 17.0 Å². The molecule has 2 N–H and O–H groups in total. The molecule has 0 bridgehead atoms. The van der Waals surface area contributed by atoms with Crippen LogP contribution in [0, 0.1) is 5.92 Å². The number of amides is 1. The van der Waals surface area contributed by atoms with Crippen molar-refractivity contribution in [2.24, 2.45) is 5.92 Å². The van der Waals surface area contributed by atoms with Gasteiger partial charge in [0.25, 0.3) is 5.91 Å². The standard InChI is InChI=1S/C14H17NO4/c16-12-3-1-2-11(8-12)14(19)15-7-6-10(9-15)4-5-13(17)18/h1-3,8,10,16H,4-7,9H2,(H,17,18). The largest absolute Gasteiger partial charge is 0.508 e. The Morgan fingerprint density at radius 1 is 1.37 bits per heavy atom. The number of carboxylic acids is 1. The summed E-state index contributed by atoms with van der Waals surface area (Å²) in [5.74, 6) is -0.559. The molecule has 0 aromatic heterocycles. The monoisotopic (exact) mass is 263 g/mol. The van der Waals surface area contributed by atoms with E-state index in [0.717, 1.165) is 6.42 Å². The molecule has 5 nitrogen and oxygen atoms in total. The van der Waals surface area contributed by atoms with Gasteiger partial charge in [-0.25, -0.2) is 0 Å². The molecule has 5 heteroatoms. The van der Waals surface area contributed by atoms with Crippen molar-refractivity contribution in [1.29, 1.82) is 0 Å².